The molecule has 3 rings (SSSR count). The number of nitrogens with zero attached hydrogens (tertiary/aromatic N) is 2. The second-order valence-corrected chi connectivity index (χ2v) is 5.66. The molecule has 1 unspecified atom stereocenters. The van der Waals surface area contributed by atoms with E-state index in [-0.39, 0.29) is 0 Å². The van der Waals surface area contributed by atoms with Gasteiger partial charge in [0.1, 0.15) is 0 Å². The van der Waals surface area contributed by atoms with Crippen LogP contribution in [-0.2, 0) is 0 Å². The standard InChI is InChI=1S/C17H21N3/c1-13-10-11-18-17(19-13)20-16(12-14-6-5-7-14)15-8-3-2-4-9-15/h2-4,8-11,14,16H,5-7,12H2,1H3,(H,18,19,20). The van der Waals surface area contributed by atoms with Crippen molar-refractivity contribution >= 4 is 5.95 Å². The van der Waals surface area contributed by atoms with E-state index in [2.05, 4.69) is 45.6 Å². The molecule has 0 amide bonds. The lowest BCUT2D eigenvalue weighted by Crippen LogP contribution is -2.20. The highest BCUT2D eigenvalue weighted by Crippen LogP contribution is 2.35. The molecule has 104 valence electrons. The van der Waals surface area contributed by atoms with Crippen molar-refractivity contribution in [3.05, 3.63) is 53.9 Å². The lowest BCUT2D eigenvalue weighted by Gasteiger charge is -2.30. The molecule has 1 N–H and O–H groups in total. The van der Waals surface area contributed by atoms with Crippen LogP contribution < -0.4 is 5.32 Å². The van der Waals surface area contributed by atoms with Crippen molar-refractivity contribution in [2.75, 3.05) is 5.32 Å². The number of benzene rings is 1. The van der Waals surface area contributed by atoms with Gasteiger partial charge in [0.2, 0.25) is 5.95 Å². The van der Waals surface area contributed by atoms with E-state index >= 15 is 0 Å². The molecule has 0 aliphatic heterocycles. The van der Waals surface area contributed by atoms with E-state index in [9.17, 15) is 0 Å². The summed E-state index contributed by atoms with van der Waals surface area (Å²) in [5.74, 6) is 1.58. The van der Waals surface area contributed by atoms with Gasteiger partial charge >= 0.3 is 0 Å². The first-order chi connectivity index (χ1) is 9.81. The fourth-order valence-electron chi connectivity index (χ4n) is 2.70. The van der Waals surface area contributed by atoms with E-state index in [4.69, 9.17) is 0 Å². The Kier molecular flexibility index (Phi) is 3.95. The molecule has 1 aliphatic carbocycles. The SMILES string of the molecule is Cc1ccnc(NC(CC2CCC2)c2ccccc2)n1. The van der Waals surface area contributed by atoms with E-state index in [0.29, 0.717) is 6.04 Å². The van der Waals surface area contributed by atoms with Crippen LogP contribution in [0.25, 0.3) is 0 Å². The molecule has 0 radical (unpaired) electrons. The highest BCUT2D eigenvalue weighted by Gasteiger charge is 2.23. The van der Waals surface area contributed by atoms with E-state index in [0.717, 1.165) is 17.6 Å². The molecule has 3 nitrogen and oxygen atoms in total. The van der Waals surface area contributed by atoms with Gasteiger partial charge in [0.05, 0.1) is 6.04 Å². The minimum absolute atomic E-state index is 0.309. The lowest BCUT2D eigenvalue weighted by atomic mass is 9.79. The largest absolute Gasteiger partial charge is 0.347 e. The zero-order valence-corrected chi connectivity index (χ0v) is 11.9. The number of hydrogen-bond acceptors (Lipinski definition) is 3. The quantitative estimate of drug-likeness (QED) is 0.885. The molecule has 1 heterocycles. The summed E-state index contributed by atoms with van der Waals surface area (Å²) in [5, 5.41) is 3.51. The van der Waals surface area contributed by atoms with Gasteiger partial charge in [-0.05, 0) is 30.9 Å². The second-order valence-electron chi connectivity index (χ2n) is 5.66. The molecule has 0 bridgehead atoms. The zero-order chi connectivity index (χ0) is 13.8. The number of anilines is 1. The third kappa shape index (κ3) is 3.16. The molecule has 1 fully saturated rings. The highest BCUT2D eigenvalue weighted by atomic mass is 15.1. The van der Waals surface area contributed by atoms with Gasteiger partial charge in [-0.2, -0.15) is 0 Å². The molecule has 3 heteroatoms. The maximum Gasteiger partial charge on any atom is 0.223 e. The summed E-state index contributed by atoms with van der Waals surface area (Å²) in [6.45, 7) is 2.00. The van der Waals surface area contributed by atoms with Crippen LogP contribution in [0.15, 0.2) is 42.6 Å². The van der Waals surface area contributed by atoms with Crippen molar-refractivity contribution in [1.82, 2.24) is 9.97 Å². The Balaban J connectivity index is 1.77. The Morgan fingerprint density at radius 3 is 2.65 bits per heavy atom. The summed E-state index contributed by atoms with van der Waals surface area (Å²) in [6, 6.07) is 12.9. The van der Waals surface area contributed by atoms with Crippen LogP contribution in [-0.4, -0.2) is 9.97 Å². The summed E-state index contributed by atoms with van der Waals surface area (Å²) in [6.07, 6.45) is 7.09. The van der Waals surface area contributed by atoms with Crippen molar-refractivity contribution in [1.29, 1.82) is 0 Å². The van der Waals surface area contributed by atoms with Crippen molar-refractivity contribution in [2.24, 2.45) is 5.92 Å². The monoisotopic (exact) mass is 267 g/mol. The predicted molar refractivity (Wildman–Crippen MR) is 81.5 cm³/mol. The second kappa shape index (κ2) is 6.04. The fraction of sp³-hybridized carbons (Fsp3) is 0.412. The molecule has 20 heavy (non-hydrogen) atoms. The van der Waals surface area contributed by atoms with Gasteiger partial charge in [0, 0.05) is 11.9 Å². The van der Waals surface area contributed by atoms with Crippen LogP contribution in [0.3, 0.4) is 0 Å². The summed E-state index contributed by atoms with van der Waals surface area (Å²) in [5.41, 5.74) is 2.32. The lowest BCUT2D eigenvalue weighted by molar-refractivity contribution is 0.282. The maximum absolute atomic E-state index is 4.47. The smallest absolute Gasteiger partial charge is 0.223 e. The van der Waals surface area contributed by atoms with Crippen molar-refractivity contribution in [3.8, 4) is 0 Å². The average Bonchev–Trinajstić information content (AvgIpc) is 2.42. The van der Waals surface area contributed by atoms with Gasteiger partial charge in [-0.15, -0.1) is 0 Å². The Labute approximate surface area is 120 Å². The summed E-state index contributed by atoms with van der Waals surface area (Å²) in [7, 11) is 0. The average molecular weight is 267 g/mol. The molecule has 1 aromatic carbocycles. The van der Waals surface area contributed by atoms with Crippen molar-refractivity contribution in [3.63, 3.8) is 0 Å². The normalized spacial score (nSPS) is 16.4. The van der Waals surface area contributed by atoms with Gasteiger partial charge in [-0.3, -0.25) is 0 Å². The molecule has 1 saturated carbocycles. The van der Waals surface area contributed by atoms with E-state index in [1.165, 1.54) is 31.2 Å². The number of hydrogen-bond donors (Lipinski definition) is 1. The first-order valence-corrected chi connectivity index (χ1v) is 7.42. The van der Waals surface area contributed by atoms with Gasteiger partial charge in [-0.25, -0.2) is 9.97 Å². The van der Waals surface area contributed by atoms with E-state index in [1.54, 1.807) is 0 Å². The third-order valence-electron chi connectivity index (χ3n) is 4.09. The van der Waals surface area contributed by atoms with Crippen LogP contribution >= 0.6 is 0 Å². The van der Waals surface area contributed by atoms with Crippen LogP contribution in [0, 0.1) is 12.8 Å². The Bertz CT molecular complexity index is 549. The summed E-state index contributed by atoms with van der Waals surface area (Å²) < 4.78 is 0. The zero-order valence-electron chi connectivity index (χ0n) is 11.9. The van der Waals surface area contributed by atoms with Gasteiger partial charge in [0.15, 0.2) is 0 Å². The summed E-state index contributed by atoms with van der Waals surface area (Å²) in [4.78, 5) is 8.80. The number of rotatable bonds is 5. The maximum atomic E-state index is 4.47. The molecular weight excluding hydrogens is 246 g/mol. The Morgan fingerprint density at radius 2 is 2.00 bits per heavy atom. The molecule has 1 aromatic heterocycles. The Morgan fingerprint density at radius 1 is 1.20 bits per heavy atom. The molecule has 0 spiro atoms. The van der Waals surface area contributed by atoms with Crippen molar-refractivity contribution < 1.29 is 0 Å². The molecule has 1 aliphatic rings. The molecule has 0 saturated heterocycles. The number of aryl methyl sites for hydroxylation is 1. The van der Waals surface area contributed by atoms with E-state index < -0.39 is 0 Å². The summed E-state index contributed by atoms with van der Waals surface area (Å²) >= 11 is 0. The minimum Gasteiger partial charge on any atom is -0.347 e. The van der Waals surface area contributed by atoms with Crippen LogP contribution in [0.5, 0.6) is 0 Å². The van der Waals surface area contributed by atoms with Crippen LogP contribution in [0.1, 0.15) is 43.0 Å². The first-order valence-electron chi connectivity index (χ1n) is 7.42. The minimum atomic E-state index is 0.309. The van der Waals surface area contributed by atoms with Gasteiger partial charge < -0.3 is 5.32 Å². The predicted octanol–water partition coefficient (Wildman–Crippen LogP) is 4.13. The van der Waals surface area contributed by atoms with Crippen LogP contribution in [0.2, 0.25) is 0 Å². The van der Waals surface area contributed by atoms with Gasteiger partial charge in [0.25, 0.3) is 0 Å². The van der Waals surface area contributed by atoms with E-state index in [1.807, 2.05) is 19.2 Å². The molecular formula is C17H21N3. The first kappa shape index (κ1) is 13.1. The van der Waals surface area contributed by atoms with Crippen LogP contribution in [0.4, 0.5) is 5.95 Å². The molecule has 1 atom stereocenters. The third-order valence-corrected chi connectivity index (χ3v) is 4.09. The Hall–Kier alpha value is -1.90. The van der Waals surface area contributed by atoms with Gasteiger partial charge in [-0.1, -0.05) is 49.6 Å². The topological polar surface area (TPSA) is 37.8 Å². The number of aromatic nitrogens is 2. The van der Waals surface area contributed by atoms with Crippen molar-refractivity contribution in [2.45, 2.75) is 38.6 Å². The number of nitrogens with one attached hydrogen (secondary N) is 1. The molecule has 2 aromatic rings. The fourth-order valence-corrected chi connectivity index (χ4v) is 2.70. The highest BCUT2D eigenvalue weighted by molar-refractivity contribution is 5.32.